The second-order valence-corrected chi connectivity index (χ2v) is 6.33. The van der Waals surface area contributed by atoms with Crippen LogP contribution < -0.4 is 0 Å². The molecule has 25 heavy (non-hydrogen) atoms. The molecule has 4 heterocycles. The Morgan fingerprint density at radius 2 is 2.20 bits per heavy atom. The van der Waals surface area contributed by atoms with Crippen LogP contribution in [0.4, 0.5) is 0 Å². The van der Waals surface area contributed by atoms with Crippen LogP contribution in [0.1, 0.15) is 36.7 Å². The third-order valence-electron chi connectivity index (χ3n) is 4.64. The first-order chi connectivity index (χ1) is 12.2. The molecule has 0 radical (unpaired) electrons. The molecule has 3 aromatic rings. The van der Waals surface area contributed by atoms with Gasteiger partial charge in [0.2, 0.25) is 11.8 Å². The lowest BCUT2D eigenvalue weighted by molar-refractivity contribution is 0.0642. The van der Waals surface area contributed by atoms with Crippen molar-refractivity contribution in [1.29, 1.82) is 0 Å². The average molecular weight is 339 g/mol. The van der Waals surface area contributed by atoms with Crippen LogP contribution in [0, 0.1) is 12.8 Å². The maximum atomic E-state index is 5.95. The Morgan fingerprint density at radius 1 is 1.28 bits per heavy atom. The quantitative estimate of drug-likeness (QED) is 0.711. The van der Waals surface area contributed by atoms with Crippen molar-refractivity contribution < 1.29 is 9.15 Å². The number of pyridine rings is 1. The fourth-order valence-electron chi connectivity index (χ4n) is 3.25. The fraction of sp³-hybridized carbons (Fsp3) is 0.444. The molecule has 0 saturated carbocycles. The zero-order valence-corrected chi connectivity index (χ0v) is 14.4. The van der Waals surface area contributed by atoms with Crippen LogP contribution in [0.2, 0.25) is 0 Å². The summed E-state index contributed by atoms with van der Waals surface area (Å²) < 4.78 is 13.9. The number of hydrogen-bond acceptors (Lipinski definition) is 6. The molecule has 130 valence electrons. The lowest BCUT2D eigenvalue weighted by Crippen LogP contribution is -2.14. The first-order valence-corrected chi connectivity index (χ1v) is 8.62. The van der Waals surface area contributed by atoms with Gasteiger partial charge in [-0.05, 0) is 31.9 Å². The van der Waals surface area contributed by atoms with Crippen molar-refractivity contribution in [1.82, 2.24) is 24.7 Å². The Bertz CT molecular complexity index is 843. The van der Waals surface area contributed by atoms with Gasteiger partial charge in [0.1, 0.15) is 6.10 Å². The van der Waals surface area contributed by atoms with E-state index >= 15 is 0 Å². The van der Waals surface area contributed by atoms with Crippen molar-refractivity contribution in [2.75, 3.05) is 6.61 Å². The Hall–Kier alpha value is -2.54. The van der Waals surface area contributed by atoms with Crippen molar-refractivity contribution in [3.8, 4) is 11.5 Å². The predicted octanol–water partition coefficient (Wildman–Crippen LogP) is 2.98. The van der Waals surface area contributed by atoms with Crippen LogP contribution in [0.5, 0.6) is 0 Å². The summed E-state index contributed by atoms with van der Waals surface area (Å²) in [5, 5.41) is 8.47. The van der Waals surface area contributed by atoms with E-state index in [9.17, 15) is 0 Å². The number of aryl methyl sites for hydroxylation is 2. The molecule has 0 aromatic carbocycles. The van der Waals surface area contributed by atoms with Crippen molar-refractivity contribution in [3.63, 3.8) is 0 Å². The molecule has 4 rings (SSSR count). The molecule has 0 unspecified atom stereocenters. The Balaban J connectivity index is 1.56. The third-order valence-corrected chi connectivity index (χ3v) is 4.64. The maximum Gasteiger partial charge on any atom is 0.249 e. The van der Waals surface area contributed by atoms with Crippen LogP contribution in [-0.4, -0.2) is 31.3 Å². The summed E-state index contributed by atoms with van der Waals surface area (Å²) >= 11 is 0. The zero-order chi connectivity index (χ0) is 17.2. The second-order valence-electron chi connectivity index (χ2n) is 6.33. The summed E-state index contributed by atoms with van der Waals surface area (Å²) in [6.07, 6.45) is 7.25. The van der Waals surface area contributed by atoms with Gasteiger partial charge in [-0.3, -0.25) is 4.98 Å². The van der Waals surface area contributed by atoms with Gasteiger partial charge in [0.25, 0.3) is 0 Å². The number of aromatic nitrogens is 5. The molecule has 7 nitrogen and oxygen atoms in total. The van der Waals surface area contributed by atoms with E-state index in [1.165, 1.54) is 0 Å². The van der Waals surface area contributed by atoms with E-state index in [-0.39, 0.29) is 6.10 Å². The highest BCUT2D eigenvalue weighted by molar-refractivity contribution is 5.55. The highest BCUT2D eigenvalue weighted by atomic mass is 16.5. The summed E-state index contributed by atoms with van der Waals surface area (Å²) in [5.74, 6) is 1.33. The Morgan fingerprint density at radius 3 is 2.96 bits per heavy atom. The molecule has 1 fully saturated rings. The predicted molar refractivity (Wildman–Crippen MR) is 90.7 cm³/mol. The standard InChI is InChI=1S/C18H21N5O2/c1-3-14-4-5-15(12(2)20-14)17-21-22-18(25-17)16-13(6-9-24-16)10-23-8-7-19-11-23/h4-5,7-8,11,13,16H,3,6,9-10H2,1-2H3/t13-,16-/m0/s1. The molecule has 1 aliphatic heterocycles. The molecule has 2 atom stereocenters. The van der Waals surface area contributed by atoms with Gasteiger partial charge in [-0.2, -0.15) is 0 Å². The van der Waals surface area contributed by atoms with E-state index in [0.717, 1.165) is 36.3 Å². The number of rotatable bonds is 5. The van der Waals surface area contributed by atoms with Crippen LogP contribution in [0.25, 0.3) is 11.5 Å². The van der Waals surface area contributed by atoms with E-state index in [2.05, 4.69) is 31.7 Å². The van der Waals surface area contributed by atoms with Gasteiger partial charge >= 0.3 is 0 Å². The molecular formula is C18H21N5O2. The SMILES string of the molecule is CCc1ccc(-c2nnc([C@H]3OCC[C@H]3Cn3ccnc3)o2)c(C)n1. The minimum absolute atomic E-state index is 0.174. The first kappa shape index (κ1) is 16.0. The highest BCUT2D eigenvalue weighted by Gasteiger charge is 2.34. The molecule has 7 heteroatoms. The van der Waals surface area contributed by atoms with Gasteiger partial charge < -0.3 is 13.7 Å². The second kappa shape index (κ2) is 6.76. The van der Waals surface area contributed by atoms with Gasteiger partial charge in [-0.25, -0.2) is 4.98 Å². The average Bonchev–Trinajstić information content (AvgIpc) is 3.36. The summed E-state index contributed by atoms with van der Waals surface area (Å²) in [6.45, 7) is 5.58. The maximum absolute atomic E-state index is 5.95. The third kappa shape index (κ3) is 3.19. The molecule has 0 aliphatic carbocycles. The summed E-state index contributed by atoms with van der Waals surface area (Å²) in [6, 6.07) is 4.00. The topological polar surface area (TPSA) is 78.9 Å². The van der Waals surface area contributed by atoms with Crippen molar-refractivity contribution in [3.05, 3.63) is 48.1 Å². The summed E-state index contributed by atoms with van der Waals surface area (Å²) in [4.78, 5) is 8.66. The lowest BCUT2D eigenvalue weighted by atomic mass is 10.0. The normalized spacial score (nSPS) is 20.2. The minimum Gasteiger partial charge on any atom is -0.418 e. The van der Waals surface area contributed by atoms with Gasteiger partial charge in [-0.1, -0.05) is 6.92 Å². The molecule has 0 amide bonds. The number of ether oxygens (including phenoxy) is 1. The molecule has 3 aromatic heterocycles. The van der Waals surface area contributed by atoms with Crippen molar-refractivity contribution in [2.24, 2.45) is 5.92 Å². The van der Waals surface area contributed by atoms with Gasteiger partial charge in [0.05, 0.1) is 17.6 Å². The van der Waals surface area contributed by atoms with Crippen LogP contribution in [0.3, 0.4) is 0 Å². The zero-order valence-electron chi connectivity index (χ0n) is 14.4. The summed E-state index contributed by atoms with van der Waals surface area (Å²) in [5.41, 5.74) is 2.83. The Labute approximate surface area is 146 Å². The molecule has 0 N–H and O–H groups in total. The van der Waals surface area contributed by atoms with Crippen LogP contribution >= 0.6 is 0 Å². The van der Waals surface area contributed by atoms with E-state index in [1.54, 1.807) is 6.20 Å². The Kier molecular flexibility index (Phi) is 4.31. The summed E-state index contributed by atoms with van der Waals surface area (Å²) in [7, 11) is 0. The van der Waals surface area contributed by atoms with Gasteiger partial charge in [-0.15, -0.1) is 10.2 Å². The van der Waals surface area contributed by atoms with Crippen LogP contribution in [0.15, 0.2) is 35.3 Å². The lowest BCUT2D eigenvalue weighted by Gasteiger charge is -2.15. The number of hydrogen-bond donors (Lipinski definition) is 0. The monoisotopic (exact) mass is 339 g/mol. The van der Waals surface area contributed by atoms with Crippen LogP contribution in [-0.2, 0) is 17.7 Å². The van der Waals surface area contributed by atoms with E-state index in [0.29, 0.717) is 24.3 Å². The smallest absolute Gasteiger partial charge is 0.249 e. The number of imidazole rings is 1. The van der Waals surface area contributed by atoms with Gasteiger partial charge in [0, 0.05) is 37.2 Å². The molecule has 1 aliphatic rings. The molecular weight excluding hydrogens is 318 g/mol. The first-order valence-electron chi connectivity index (χ1n) is 8.62. The molecule has 1 saturated heterocycles. The van der Waals surface area contributed by atoms with Crippen molar-refractivity contribution in [2.45, 2.75) is 39.3 Å². The highest BCUT2D eigenvalue weighted by Crippen LogP contribution is 2.36. The van der Waals surface area contributed by atoms with Crippen molar-refractivity contribution >= 4 is 0 Å². The minimum atomic E-state index is -0.174. The molecule has 0 spiro atoms. The number of nitrogens with zero attached hydrogens (tertiary/aromatic N) is 5. The fourth-order valence-corrected chi connectivity index (χ4v) is 3.25. The van der Waals surface area contributed by atoms with Gasteiger partial charge in [0.15, 0.2) is 0 Å². The molecule has 0 bridgehead atoms. The largest absolute Gasteiger partial charge is 0.418 e. The van der Waals surface area contributed by atoms with E-state index in [4.69, 9.17) is 9.15 Å². The van der Waals surface area contributed by atoms with E-state index in [1.807, 2.05) is 31.6 Å². The van der Waals surface area contributed by atoms with E-state index < -0.39 is 0 Å².